The molecule has 2 aliphatic heterocycles. The van der Waals surface area contributed by atoms with E-state index in [4.69, 9.17) is 4.74 Å². The maximum absolute atomic E-state index is 13.4. The molecule has 1 fully saturated rings. The van der Waals surface area contributed by atoms with Crippen molar-refractivity contribution in [3.05, 3.63) is 71.0 Å². The Bertz CT molecular complexity index is 1260. The predicted octanol–water partition coefficient (Wildman–Crippen LogP) is 4.37. The molecule has 5 heterocycles. The van der Waals surface area contributed by atoms with E-state index in [1.807, 2.05) is 58.0 Å². The van der Waals surface area contributed by atoms with Gasteiger partial charge in [0.05, 0.1) is 4.88 Å². The van der Waals surface area contributed by atoms with Gasteiger partial charge in [0.25, 0.3) is 5.91 Å². The second-order valence-electron chi connectivity index (χ2n) is 7.83. The van der Waals surface area contributed by atoms with E-state index >= 15 is 0 Å². The van der Waals surface area contributed by atoms with Crippen LogP contribution in [-0.2, 0) is 6.61 Å². The molecule has 0 spiro atoms. The molecule has 1 aromatic carbocycles. The molecular weight excluding hydrogens is 396 g/mol. The van der Waals surface area contributed by atoms with Gasteiger partial charge in [0, 0.05) is 41.2 Å². The summed E-state index contributed by atoms with van der Waals surface area (Å²) in [5.41, 5.74) is 3.02. The summed E-state index contributed by atoms with van der Waals surface area (Å²) in [5.74, 6) is 2.13. The number of hydrogen-bond donors (Lipinski definition) is 0. The highest BCUT2D eigenvalue weighted by Gasteiger charge is 2.30. The van der Waals surface area contributed by atoms with Crippen molar-refractivity contribution in [3.8, 4) is 16.2 Å². The molecule has 7 heteroatoms. The molecular formula is C23H20N4O2S. The lowest BCUT2D eigenvalue weighted by Gasteiger charge is -2.31. The first-order valence-corrected chi connectivity index (χ1v) is 11.0. The van der Waals surface area contributed by atoms with Crippen LogP contribution in [0.3, 0.4) is 0 Å². The highest BCUT2D eigenvalue weighted by Crippen LogP contribution is 2.42. The molecule has 0 bridgehead atoms. The third-order valence-corrected chi connectivity index (χ3v) is 7.15. The van der Waals surface area contributed by atoms with E-state index in [2.05, 4.69) is 16.3 Å². The third kappa shape index (κ3) is 2.81. The molecule has 6 nitrogen and oxygen atoms in total. The number of benzene rings is 1. The summed E-state index contributed by atoms with van der Waals surface area (Å²) in [6.07, 6.45) is 3.98. The fourth-order valence-corrected chi connectivity index (χ4v) is 5.64. The van der Waals surface area contributed by atoms with Gasteiger partial charge in [-0.2, -0.15) is 0 Å². The summed E-state index contributed by atoms with van der Waals surface area (Å²) >= 11 is 1.58. The highest BCUT2D eigenvalue weighted by atomic mass is 32.1. The van der Waals surface area contributed by atoms with Crippen molar-refractivity contribution in [2.75, 3.05) is 13.1 Å². The SMILES string of the molecule is O=C(c1cc2c(s1)-c1ccccc1OC2)N1CCCC(c2nnc3ccccn23)C1. The topological polar surface area (TPSA) is 59.7 Å². The van der Waals surface area contributed by atoms with Crippen LogP contribution in [0.15, 0.2) is 54.7 Å². The van der Waals surface area contributed by atoms with Gasteiger partial charge < -0.3 is 9.64 Å². The zero-order chi connectivity index (χ0) is 20.1. The van der Waals surface area contributed by atoms with E-state index in [-0.39, 0.29) is 11.8 Å². The minimum atomic E-state index is 0.102. The molecule has 150 valence electrons. The Morgan fingerprint density at radius 3 is 3.00 bits per heavy atom. The van der Waals surface area contributed by atoms with Crippen LogP contribution in [0.1, 0.15) is 39.8 Å². The second-order valence-corrected chi connectivity index (χ2v) is 8.88. The van der Waals surface area contributed by atoms with Crippen LogP contribution in [0.5, 0.6) is 5.75 Å². The maximum Gasteiger partial charge on any atom is 0.263 e. The van der Waals surface area contributed by atoms with Crippen molar-refractivity contribution >= 4 is 22.9 Å². The van der Waals surface area contributed by atoms with Gasteiger partial charge in [0.2, 0.25) is 0 Å². The number of amides is 1. The summed E-state index contributed by atoms with van der Waals surface area (Å²) < 4.78 is 7.90. The Balaban J connectivity index is 1.28. The lowest BCUT2D eigenvalue weighted by atomic mass is 9.97. The van der Waals surface area contributed by atoms with Crippen LogP contribution in [0.25, 0.3) is 16.1 Å². The van der Waals surface area contributed by atoms with Crippen molar-refractivity contribution in [2.45, 2.75) is 25.4 Å². The number of fused-ring (bicyclic) bond motifs is 4. The van der Waals surface area contributed by atoms with Crippen LogP contribution in [0, 0.1) is 0 Å². The molecule has 0 aliphatic carbocycles. The van der Waals surface area contributed by atoms with Crippen molar-refractivity contribution in [3.63, 3.8) is 0 Å². The van der Waals surface area contributed by atoms with Gasteiger partial charge in [-0.3, -0.25) is 9.20 Å². The number of carbonyl (C=O) groups excluding carboxylic acids is 1. The first kappa shape index (κ1) is 17.7. The Morgan fingerprint density at radius 2 is 2.03 bits per heavy atom. The van der Waals surface area contributed by atoms with Gasteiger partial charge in [0.1, 0.15) is 18.2 Å². The molecule has 1 amide bonds. The van der Waals surface area contributed by atoms with Crippen LogP contribution >= 0.6 is 11.3 Å². The number of likely N-dealkylation sites (tertiary alicyclic amines) is 1. The number of piperidine rings is 1. The minimum absolute atomic E-state index is 0.102. The molecule has 4 aromatic rings. The monoisotopic (exact) mass is 416 g/mol. The Kier molecular flexibility index (Phi) is 4.09. The second kappa shape index (κ2) is 6.95. The smallest absolute Gasteiger partial charge is 0.263 e. The van der Waals surface area contributed by atoms with Gasteiger partial charge in [-0.05, 0) is 43.2 Å². The summed E-state index contributed by atoms with van der Waals surface area (Å²) in [6, 6.07) is 15.9. The number of rotatable bonds is 2. The van der Waals surface area contributed by atoms with Gasteiger partial charge in [0.15, 0.2) is 5.65 Å². The fourth-order valence-electron chi connectivity index (χ4n) is 4.47. The lowest BCUT2D eigenvalue weighted by molar-refractivity contribution is 0.0709. The van der Waals surface area contributed by atoms with Gasteiger partial charge in [-0.1, -0.05) is 18.2 Å². The molecule has 1 unspecified atom stereocenters. The zero-order valence-corrected chi connectivity index (χ0v) is 17.1. The number of para-hydroxylation sites is 1. The third-order valence-electron chi connectivity index (χ3n) is 5.95. The van der Waals surface area contributed by atoms with E-state index in [1.165, 1.54) is 0 Å². The van der Waals surface area contributed by atoms with Crippen molar-refractivity contribution in [1.29, 1.82) is 0 Å². The van der Waals surface area contributed by atoms with Crippen molar-refractivity contribution < 1.29 is 9.53 Å². The minimum Gasteiger partial charge on any atom is -0.488 e. The average molecular weight is 417 g/mol. The number of nitrogens with zero attached hydrogens (tertiary/aromatic N) is 4. The van der Waals surface area contributed by atoms with Crippen molar-refractivity contribution in [2.24, 2.45) is 0 Å². The van der Waals surface area contributed by atoms with E-state index in [1.54, 1.807) is 11.3 Å². The fraction of sp³-hybridized carbons (Fsp3) is 0.261. The van der Waals surface area contributed by atoms with Crippen LogP contribution in [0.4, 0.5) is 0 Å². The molecule has 6 rings (SSSR count). The van der Waals surface area contributed by atoms with Gasteiger partial charge >= 0.3 is 0 Å². The first-order chi connectivity index (χ1) is 14.8. The quantitative estimate of drug-likeness (QED) is 0.487. The van der Waals surface area contributed by atoms with E-state index in [9.17, 15) is 4.79 Å². The predicted molar refractivity (Wildman–Crippen MR) is 115 cm³/mol. The first-order valence-electron chi connectivity index (χ1n) is 10.2. The number of pyridine rings is 1. The number of carbonyl (C=O) groups is 1. The molecule has 2 aliphatic rings. The Hall–Kier alpha value is -3.19. The molecule has 0 N–H and O–H groups in total. The standard InChI is InChI=1S/C23H20N4O2S/c28-23(19-12-16-14-29-18-8-2-1-7-17(18)21(16)30-19)26-10-5-6-15(13-26)22-25-24-20-9-3-4-11-27(20)22/h1-4,7-9,11-12,15H,5-6,10,13-14H2. The normalized spacial score (nSPS) is 18.0. The van der Waals surface area contributed by atoms with Crippen LogP contribution < -0.4 is 4.74 Å². The Morgan fingerprint density at radius 1 is 1.13 bits per heavy atom. The summed E-state index contributed by atoms with van der Waals surface area (Å²) in [7, 11) is 0. The average Bonchev–Trinajstić information content (AvgIpc) is 3.43. The number of hydrogen-bond acceptors (Lipinski definition) is 5. The molecule has 0 saturated carbocycles. The number of aromatic nitrogens is 3. The number of thiophene rings is 1. The summed E-state index contributed by atoms with van der Waals surface area (Å²) in [4.78, 5) is 17.3. The Labute approximate surface area is 177 Å². The van der Waals surface area contributed by atoms with Crippen LogP contribution in [0.2, 0.25) is 0 Å². The molecule has 0 radical (unpaired) electrons. The summed E-state index contributed by atoms with van der Waals surface area (Å²) in [5, 5.41) is 8.71. The van der Waals surface area contributed by atoms with E-state index in [0.29, 0.717) is 13.2 Å². The van der Waals surface area contributed by atoms with E-state index in [0.717, 1.165) is 57.5 Å². The molecule has 30 heavy (non-hydrogen) atoms. The maximum atomic E-state index is 13.4. The molecule has 1 saturated heterocycles. The molecule has 3 aromatic heterocycles. The highest BCUT2D eigenvalue weighted by molar-refractivity contribution is 7.17. The summed E-state index contributed by atoms with van der Waals surface area (Å²) in [6.45, 7) is 1.97. The lowest BCUT2D eigenvalue weighted by Crippen LogP contribution is -2.39. The van der Waals surface area contributed by atoms with Gasteiger partial charge in [-0.25, -0.2) is 0 Å². The van der Waals surface area contributed by atoms with Crippen molar-refractivity contribution in [1.82, 2.24) is 19.5 Å². The van der Waals surface area contributed by atoms with Crippen LogP contribution in [-0.4, -0.2) is 38.5 Å². The molecule has 1 atom stereocenters. The van der Waals surface area contributed by atoms with E-state index < -0.39 is 0 Å². The largest absolute Gasteiger partial charge is 0.488 e. The van der Waals surface area contributed by atoms with Gasteiger partial charge in [-0.15, -0.1) is 21.5 Å². The zero-order valence-electron chi connectivity index (χ0n) is 16.3. The number of ether oxygens (including phenoxy) is 1.